The van der Waals surface area contributed by atoms with Crippen molar-refractivity contribution in [2.45, 2.75) is 32.6 Å². The van der Waals surface area contributed by atoms with Crippen molar-refractivity contribution in [1.82, 2.24) is 15.5 Å². The topological polar surface area (TPSA) is 56.7 Å². The maximum atomic E-state index is 11.5. The van der Waals surface area contributed by atoms with Gasteiger partial charge >= 0.3 is 0 Å². The highest BCUT2D eigenvalue weighted by Crippen LogP contribution is 2.20. The molecular weight excluding hydrogens is 427 g/mol. The van der Waals surface area contributed by atoms with Crippen LogP contribution in [0, 0.1) is 12.8 Å². The Labute approximate surface area is 168 Å². The molecule has 1 amide bonds. The second kappa shape index (κ2) is 11.3. The lowest BCUT2D eigenvalue weighted by Gasteiger charge is -2.34. The Hall–Kier alpha value is -1.31. The highest BCUT2D eigenvalue weighted by Gasteiger charge is 2.22. The Morgan fingerprint density at radius 2 is 1.96 bits per heavy atom. The molecule has 1 heterocycles. The van der Waals surface area contributed by atoms with Gasteiger partial charge in [0.25, 0.3) is 0 Å². The summed E-state index contributed by atoms with van der Waals surface area (Å²) >= 11 is 0. The molecule has 0 spiro atoms. The summed E-state index contributed by atoms with van der Waals surface area (Å²) < 4.78 is 0. The molecule has 0 bridgehead atoms. The molecule has 0 unspecified atom stereocenters. The minimum atomic E-state index is 0. The van der Waals surface area contributed by atoms with E-state index in [1.54, 1.807) is 7.05 Å². The number of rotatable bonds is 5. The number of carbonyl (C=O) groups is 1. The number of nitrogens with one attached hydrogen (secondary N) is 2. The van der Waals surface area contributed by atoms with Crippen LogP contribution in [0.25, 0.3) is 0 Å². The molecular formula is C19H31IN4O. The normalized spacial score (nSPS) is 15.5. The lowest BCUT2D eigenvalue weighted by atomic mass is 9.93. The predicted octanol–water partition coefficient (Wildman–Crippen LogP) is 2.58. The molecule has 2 rings (SSSR count). The largest absolute Gasteiger partial charge is 0.359 e. The van der Waals surface area contributed by atoms with Crippen LogP contribution in [0.1, 0.15) is 30.4 Å². The number of guanidine groups is 1. The van der Waals surface area contributed by atoms with Crippen LogP contribution in [-0.4, -0.2) is 50.5 Å². The predicted molar refractivity (Wildman–Crippen MR) is 115 cm³/mol. The average molecular weight is 458 g/mol. The summed E-state index contributed by atoms with van der Waals surface area (Å²) in [7, 11) is 3.55. The molecule has 6 heteroatoms. The van der Waals surface area contributed by atoms with Crippen LogP contribution < -0.4 is 10.6 Å². The van der Waals surface area contributed by atoms with Crippen molar-refractivity contribution in [3.63, 3.8) is 0 Å². The smallest absolute Gasteiger partial charge is 0.220 e. The number of carbonyl (C=O) groups excluding carboxylic acids is 1. The van der Waals surface area contributed by atoms with Crippen LogP contribution >= 0.6 is 24.0 Å². The Morgan fingerprint density at radius 1 is 1.28 bits per heavy atom. The minimum absolute atomic E-state index is 0. The van der Waals surface area contributed by atoms with Gasteiger partial charge in [-0.3, -0.25) is 9.79 Å². The van der Waals surface area contributed by atoms with Gasteiger partial charge < -0.3 is 15.5 Å². The number of halogens is 1. The molecule has 1 aliphatic heterocycles. The molecule has 0 aromatic heterocycles. The van der Waals surface area contributed by atoms with Crippen LogP contribution in [0.4, 0.5) is 0 Å². The van der Waals surface area contributed by atoms with E-state index in [4.69, 9.17) is 0 Å². The number of hydrogen-bond acceptors (Lipinski definition) is 2. The number of aryl methyl sites for hydroxylation is 1. The molecule has 1 saturated heterocycles. The van der Waals surface area contributed by atoms with E-state index in [1.807, 2.05) is 7.05 Å². The zero-order valence-corrected chi connectivity index (χ0v) is 17.9. The lowest BCUT2D eigenvalue weighted by molar-refractivity contribution is -0.121. The zero-order chi connectivity index (χ0) is 17.4. The highest BCUT2D eigenvalue weighted by molar-refractivity contribution is 14.0. The molecule has 0 atom stereocenters. The minimum Gasteiger partial charge on any atom is -0.359 e. The van der Waals surface area contributed by atoms with Gasteiger partial charge in [0, 0.05) is 40.2 Å². The average Bonchev–Trinajstić information content (AvgIpc) is 2.61. The van der Waals surface area contributed by atoms with E-state index in [-0.39, 0.29) is 29.9 Å². The van der Waals surface area contributed by atoms with Crippen molar-refractivity contribution in [2.24, 2.45) is 10.9 Å². The molecule has 0 aliphatic carbocycles. The van der Waals surface area contributed by atoms with Gasteiger partial charge in [-0.1, -0.05) is 24.3 Å². The number of nitrogens with zero attached hydrogens (tertiary/aromatic N) is 2. The fourth-order valence-corrected chi connectivity index (χ4v) is 3.24. The van der Waals surface area contributed by atoms with Gasteiger partial charge in [-0.25, -0.2) is 0 Å². The van der Waals surface area contributed by atoms with Crippen molar-refractivity contribution in [3.05, 3.63) is 35.4 Å². The van der Waals surface area contributed by atoms with E-state index < -0.39 is 0 Å². The van der Waals surface area contributed by atoms with Gasteiger partial charge in [-0.2, -0.15) is 0 Å². The van der Waals surface area contributed by atoms with Crippen molar-refractivity contribution in [1.29, 1.82) is 0 Å². The van der Waals surface area contributed by atoms with Crippen LogP contribution in [0.3, 0.4) is 0 Å². The van der Waals surface area contributed by atoms with Crippen LogP contribution in [0.2, 0.25) is 0 Å². The molecule has 0 saturated carbocycles. The molecule has 0 radical (unpaired) electrons. The van der Waals surface area contributed by atoms with Crippen LogP contribution in [0.15, 0.2) is 29.3 Å². The number of benzene rings is 1. The van der Waals surface area contributed by atoms with Crippen LogP contribution in [-0.2, 0) is 11.2 Å². The number of piperidine rings is 1. The first-order valence-electron chi connectivity index (χ1n) is 8.84. The van der Waals surface area contributed by atoms with Gasteiger partial charge in [0.15, 0.2) is 5.96 Å². The molecule has 1 aliphatic rings. The van der Waals surface area contributed by atoms with Crippen molar-refractivity contribution in [3.8, 4) is 0 Å². The summed E-state index contributed by atoms with van der Waals surface area (Å²) in [5.74, 6) is 1.61. The molecule has 25 heavy (non-hydrogen) atoms. The van der Waals surface area contributed by atoms with Crippen molar-refractivity contribution in [2.75, 3.05) is 33.7 Å². The summed E-state index contributed by atoms with van der Waals surface area (Å²) in [6.07, 6.45) is 3.74. The molecule has 2 N–H and O–H groups in total. The number of hydrogen-bond donors (Lipinski definition) is 2. The fraction of sp³-hybridized carbons (Fsp3) is 0.579. The van der Waals surface area contributed by atoms with E-state index in [0.29, 0.717) is 12.3 Å². The lowest BCUT2D eigenvalue weighted by Crippen LogP contribution is -2.46. The number of aliphatic imine (C=N–C) groups is 1. The van der Waals surface area contributed by atoms with Crippen LogP contribution in [0.5, 0.6) is 0 Å². The zero-order valence-electron chi connectivity index (χ0n) is 15.5. The second-order valence-corrected chi connectivity index (χ2v) is 6.46. The van der Waals surface area contributed by atoms with E-state index in [9.17, 15) is 4.79 Å². The maximum Gasteiger partial charge on any atom is 0.220 e. The Kier molecular flexibility index (Phi) is 9.85. The van der Waals surface area contributed by atoms with Crippen molar-refractivity contribution < 1.29 is 4.79 Å². The Bertz CT molecular complexity index is 568. The third kappa shape index (κ3) is 6.84. The second-order valence-electron chi connectivity index (χ2n) is 6.46. The van der Waals surface area contributed by atoms with Crippen molar-refractivity contribution >= 4 is 35.8 Å². The number of amides is 1. The Balaban J connectivity index is 0.00000312. The standard InChI is InChI=1S/C19H30N4O.HI/c1-15-6-4-5-7-17(15)8-11-22-19(21-3)23-12-9-16(10-13-23)14-18(24)20-2;/h4-7,16H,8-14H2,1-3H3,(H,20,24)(H,21,22);1H. The van der Waals surface area contributed by atoms with E-state index >= 15 is 0 Å². The van der Waals surface area contributed by atoms with Gasteiger partial charge in [-0.05, 0) is 43.2 Å². The van der Waals surface area contributed by atoms with Gasteiger partial charge in [0.1, 0.15) is 0 Å². The summed E-state index contributed by atoms with van der Waals surface area (Å²) in [4.78, 5) is 18.2. The summed E-state index contributed by atoms with van der Waals surface area (Å²) in [6, 6.07) is 8.51. The summed E-state index contributed by atoms with van der Waals surface area (Å²) in [5, 5.41) is 6.20. The van der Waals surface area contributed by atoms with Gasteiger partial charge in [0.2, 0.25) is 5.91 Å². The highest BCUT2D eigenvalue weighted by atomic mass is 127. The Morgan fingerprint density at radius 3 is 2.56 bits per heavy atom. The maximum absolute atomic E-state index is 11.5. The van der Waals surface area contributed by atoms with Gasteiger partial charge in [0.05, 0.1) is 0 Å². The van der Waals surface area contributed by atoms with E-state index in [1.165, 1.54) is 11.1 Å². The fourth-order valence-electron chi connectivity index (χ4n) is 3.24. The first-order chi connectivity index (χ1) is 11.6. The molecule has 1 aromatic carbocycles. The molecule has 5 nitrogen and oxygen atoms in total. The van der Waals surface area contributed by atoms with E-state index in [0.717, 1.165) is 44.9 Å². The molecule has 1 fully saturated rings. The third-order valence-corrected chi connectivity index (χ3v) is 4.82. The first-order valence-corrected chi connectivity index (χ1v) is 8.84. The van der Waals surface area contributed by atoms with Gasteiger partial charge in [-0.15, -0.1) is 24.0 Å². The summed E-state index contributed by atoms with van der Waals surface area (Å²) in [5.41, 5.74) is 2.72. The number of likely N-dealkylation sites (tertiary alicyclic amines) is 1. The third-order valence-electron chi connectivity index (χ3n) is 4.82. The molecule has 140 valence electrons. The van der Waals surface area contributed by atoms with E-state index in [2.05, 4.69) is 51.7 Å². The SMILES string of the molecule is CN=C(NCCc1ccccc1C)N1CCC(CC(=O)NC)CC1.I. The molecule has 1 aromatic rings. The monoisotopic (exact) mass is 458 g/mol. The quantitative estimate of drug-likeness (QED) is 0.405. The first kappa shape index (κ1) is 21.7. The summed E-state index contributed by atoms with van der Waals surface area (Å²) in [6.45, 7) is 4.97.